The molecular weight excluding hydrogens is 427 g/mol. The van der Waals surface area contributed by atoms with E-state index in [9.17, 15) is 9.18 Å². The Morgan fingerprint density at radius 1 is 0.909 bits per heavy atom. The predicted octanol–water partition coefficient (Wildman–Crippen LogP) is 3.03. The maximum atomic E-state index is 13.0. The first-order chi connectivity index (χ1) is 16.1. The van der Waals surface area contributed by atoms with Gasteiger partial charge in [-0.1, -0.05) is 0 Å². The quantitative estimate of drug-likeness (QED) is 0.545. The molecule has 9 heteroatoms. The summed E-state index contributed by atoms with van der Waals surface area (Å²) >= 11 is 0. The fraction of sp³-hybridized carbons (Fsp3) is 0.292. The number of amides is 1. The topological polar surface area (TPSA) is 77.0 Å². The number of carbonyl (C=O) groups excluding carboxylic acids is 1. The molecule has 0 spiro atoms. The number of nitrogens with zero attached hydrogens (tertiary/aromatic N) is 4. The molecule has 4 rings (SSSR count). The van der Waals surface area contributed by atoms with Crippen molar-refractivity contribution in [2.24, 2.45) is 0 Å². The van der Waals surface area contributed by atoms with Crippen molar-refractivity contribution in [1.29, 1.82) is 0 Å². The molecule has 3 aromatic rings. The van der Waals surface area contributed by atoms with Gasteiger partial charge in [0.15, 0.2) is 12.4 Å². The second-order valence-electron chi connectivity index (χ2n) is 7.45. The fourth-order valence-electron chi connectivity index (χ4n) is 3.60. The minimum absolute atomic E-state index is 0.0808. The van der Waals surface area contributed by atoms with Gasteiger partial charge in [-0.2, -0.15) is 0 Å². The molecule has 2 heterocycles. The van der Waals surface area contributed by atoms with Crippen LogP contribution < -0.4 is 19.1 Å². The molecule has 8 nitrogen and oxygen atoms in total. The smallest absolute Gasteiger partial charge is 0.260 e. The van der Waals surface area contributed by atoms with Crippen LogP contribution in [0.25, 0.3) is 11.3 Å². The summed E-state index contributed by atoms with van der Waals surface area (Å²) in [4.78, 5) is 16.3. The van der Waals surface area contributed by atoms with Crippen molar-refractivity contribution >= 4 is 11.7 Å². The highest BCUT2D eigenvalue weighted by Gasteiger charge is 2.22. The lowest BCUT2D eigenvalue weighted by Crippen LogP contribution is -2.50. The highest BCUT2D eigenvalue weighted by Crippen LogP contribution is 2.32. The van der Waals surface area contributed by atoms with Crippen LogP contribution in [-0.4, -0.2) is 68.0 Å². The van der Waals surface area contributed by atoms with E-state index in [-0.39, 0.29) is 18.3 Å². The molecular formula is C24H25FN4O4. The molecule has 172 valence electrons. The van der Waals surface area contributed by atoms with Gasteiger partial charge < -0.3 is 24.0 Å². The SMILES string of the molecule is COc1ccc(OC)c(-c2ccc(N3CCN(C(=O)COc4ccc(F)cc4)CC3)nn2)c1. The largest absolute Gasteiger partial charge is 0.497 e. The molecule has 0 radical (unpaired) electrons. The third-order valence-electron chi connectivity index (χ3n) is 5.47. The van der Waals surface area contributed by atoms with E-state index in [2.05, 4.69) is 15.1 Å². The number of piperazine rings is 1. The summed E-state index contributed by atoms with van der Waals surface area (Å²) in [5, 5.41) is 8.76. The average molecular weight is 452 g/mol. The Morgan fingerprint density at radius 3 is 2.27 bits per heavy atom. The van der Waals surface area contributed by atoms with E-state index >= 15 is 0 Å². The number of ether oxygens (including phenoxy) is 3. The van der Waals surface area contributed by atoms with Gasteiger partial charge in [-0.25, -0.2) is 4.39 Å². The first-order valence-electron chi connectivity index (χ1n) is 10.5. The van der Waals surface area contributed by atoms with Crippen molar-refractivity contribution < 1.29 is 23.4 Å². The Balaban J connectivity index is 1.33. The van der Waals surface area contributed by atoms with Crippen molar-refractivity contribution in [2.75, 3.05) is 51.9 Å². The molecule has 33 heavy (non-hydrogen) atoms. The average Bonchev–Trinajstić information content (AvgIpc) is 2.88. The van der Waals surface area contributed by atoms with Crippen LogP contribution in [0.4, 0.5) is 10.2 Å². The number of methoxy groups -OCH3 is 2. The van der Waals surface area contributed by atoms with Gasteiger partial charge in [0, 0.05) is 31.7 Å². The van der Waals surface area contributed by atoms with Gasteiger partial charge in [-0.05, 0) is 54.6 Å². The predicted molar refractivity (Wildman–Crippen MR) is 121 cm³/mol. The van der Waals surface area contributed by atoms with Gasteiger partial charge in [0.25, 0.3) is 5.91 Å². The first kappa shape index (κ1) is 22.3. The number of benzene rings is 2. The third kappa shape index (κ3) is 5.31. The lowest BCUT2D eigenvalue weighted by Gasteiger charge is -2.35. The summed E-state index contributed by atoms with van der Waals surface area (Å²) < 4.78 is 29.2. The molecule has 0 saturated carbocycles. The van der Waals surface area contributed by atoms with E-state index in [1.807, 2.05) is 30.3 Å². The second-order valence-corrected chi connectivity index (χ2v) is 7.45. The number of halogens is 1. The lowest BCUT2D eigenvalue weighted by atomic mass is 10.1. The van der Waals surface area contributed by atoms with Gasteiger partial charge in [0.05, 0.1) is 19.9 Å². The monoisotopic (exact) mass is 452 g/mol. The number of aromatic nitrogens is 2. The second kappa shape index (κ2) is 10.2. The highest BCUT2D eigenvalue weighted by molar-refractivity contribution is 5.78. The zero-order valence-electron chi connectivity index (χ0n) is 18.5. The maximum Gasteiger partial charge on any atom is 0.260 e. The minimum Gasteiger partial charge on any atom is -0.497 e. The molecule has 0 unspecified atom stereocenters. The van der Waals surface area contributed by atoms with Crippen molar-refractivity contribution in [3.8, 4) is 28.5 Å². The van der Waals surface area contributed by atoms with Crippen LogP contribution in [0.15, 0.2) is 54.6 Å². The van der Waals surface area contributed by atoms with Crippen molar-refractivity contribution in [2.45, 2.75) is 0 Å². The molecule has 2 aromatic carbocycles. The molecule has 1 saturated heterocycles. The summed E-state index contributed by atoms with van der Waals surface area (Å²) in [6.07, 6.45) is 0. The summed E-state index contributed by atoms with van der Waals surface area (Å²) in [5.41, 5.74) is 1.48. The van der Waals surface area contributed by atoms with E-state index in [0.29, 0.717) is 49.1 Å². The van der Waals surface area contributed by atoms with Crippen molar-refractivity contribution in [3.63, 3.8) is 0 Å². The Kier molecular flexibility index (Phi) is 6.87. The van der Waals surface area contributed by atoms with E-state index in [4.69, 9.17) is 14.2 Å². The zero-order valence-corrected chi connectivity index (χ0v) is 18.5. The maximum absolute atomic E-state index is 13.0. The summed E-state index contributed by atoms with van der Waals surface area (Å²) in [6, 6.07) is 14.9. The molecule has 1 fully saturated rings. The Hall–Kier alpha value is -3.88. The zero-order chi connectivity index (χ0) is 23.2. The minimum atomic E-state index is -0.344. The van der Waals surface area contributed by atoms with Crippen molar-refractivity contribution in [1.82, 2.24) is 15.1 Å². The molecule has 0 N–H and O–H groups in total. The summed E-state index contributed by atoms with van der Waals surface area (Å²) in [6.45, 7) is 2.30. The highest BCUT2D eigenvalue weighted by atomic mass is 19.1. The van der Waals surface area contributed by atoms with Crippen molar-refractivity contribution in [3.05, 3.63) is 60.4 Å². The van der Waals surface area contributed by atoms with Crippen LogP contribution in [0.2, 0.25) is 0 Å². The summed E-state index contributed by atoms with van der Waals surface area (Å²) in [5.74, 6) is 2.16. The van der Waals surface area contributed by atoms with Gasteiger partial charge >= 0.3 is 0 Å². The molecule has 0 bridgehead atoms. The van der Waals surface area contributed by atoms with E-state index in [1.54, 1.807) is 19.1 Å². The number of anilines is 1. The van der Waals surface area contributed by atoms with Gasteiger partial charge in [-0.15, -0.1) is 10.2 Å². The molecule has 1 amide bonds. The Labute approximate surface area is 191 Å². The summed E-state index contributed by atoms with van der Waals surface area (Å²) in [7, 11) is 3.22. The number of hydrogen-bond donors (Lipinski definition) is 0. The van der Waals surface area contributed by atoms with Crippen LogP contribution in [0.1, 0.15) is 0 Å². The molecule has 0 aliphatic carbocycles. The number of hydrogen-bond acceptors (Lipinski definition) is 7. The molecule has 1 aliphatic heterocycles. The van der Waals surface area contributed by atoms with Crippen LogP contribution in [0.5, 0.6) is 17.2 Å². The number of rotatable bonds is 7. The molecule has 0 atom stereocenters. The molecule has 1 aliphatic rings. The molecule has 1 aromatic heterocycles. The first-order valence-corrected chi connectivity index (χ1v) is 10.5. The van der Waals surface area contributed by atoms with Gasteiger partial charge in [0.2, 0.25) is 0 Å². The Morgan fingerprint density at radius 2 is 1.64 bits per heavy atom. The number of carbonyl (C=O) groups is 1. The van der Waals surface area contributed by atoms with Crippen LogP contribution >= 0.6 is 0 Å². The fourth-order valence-corrected chi connectivity index (χ4v) is 3.60. The van der Waals surface area contributed by atoms with E-state index < -0.39 is 0 Å². The standard InChI is InChI=1S/C24H25FN4O4/c1-31-19-7-9-22(32-2)20(15-19)21-8-10-23(27-26-21)28-11-13-29(14-12-28)24(30)16-33-18-5-3-17(25)4-6-18/h3-10,15H,11-14,16H2,1-2H3. The third-order valence-corrected chi connectivity index (χ3v) is 5.47. The normalized spacial score (nSPS) is 13.5. The van der Waals surface area contributed by atoms with Crippen LogP contribution in [0, 0.1) is 5.82 Å². The van der Waals surface area contributed by atoms with Gasteiger partial charge in [-0.3, -0.25) is 4.79 Å². The van der Waals surface area contributed by atoms with Crippen LogP contribution in [-0.2, 0) is 4.79 Å². The Bertz CT molecular complexity index is 1080. The van der Waals surface area contributed by atoms with E-state index in [0.717, 1.165) is 11.4 Å². The van der Waals surface area contributed by atoms with Gasteiger partial charge in [0.1, 0.15) is 23.1 Å². The lowest BCUT2D eigenvalue weighted by molar-refractivity contribution is -0.133. The van der Waals surface area contributed by atoms with Crippen LogP contribution in [0.3, 0.4) is 0 Å². The van der Waals surface area contributed by atoms with E-state index in [1.165, 1.54) is 24.3 Å².